The first-order valence-electron chi connectivity index (χ1n) is 16.4. The van der Waals surface area contributed by atoms with E-state index in [9.17, 15) is 31.1 Å². The van der Waals surface area contributed by atoms with Gasteiger partial charge in [-0.3, -0.25) is 14.6 Å². The van der Waals surface area contributed by atoms with Crippen molar-refractivity contribution in [2.75, 3.05) is 93.3 Å². The number of alkyl halides is 6. The Labute approximate surface area is 288 Å². The summed E-state index contributed by atoms with van der Waals surface area (Å²) in [6.07, 6.45) is -5.77. The Morgan fingerprint density at radius 2 is 1.56 bits per heavy atom. The first kappa shape index (κ1) is 39.6. The second-order valence-corrected chi connectivity index (χ2v) is 12.4. The molecule has 2 aromatic rings. The third kappa shape index (κ3) is 11.7. The highest BCUT2D eigenvalue weighted by Gasteiger charge is 2.39. The van der Waals surface area contributed by atoms with Crippen molar-refractivity contribution in [1.82, 2.24) is 14.7 Å². The fraction of sp³-hybridized carbons (Fsp3) is 0.571. The van der Waals surface area contributed by atoms with Gasteiger partial charge in [-0.1, -0.05) is 24.3 Å². The number of aryl methyl sites for hydroxylation is 1. The van der Waals surface area contributed by atoms with Crippen LogP contribution >= 0.6 is 0 Å². The topological polar surface area (TPSA) is 72.9 Å². The van der Waals surface area contributed by atoms with Crippen LogP contribution in [-0.2, 0) is 37.7 Å². The number of benzene rings is 2. The standard InChI is InChI=1S/C35H45F6N3O6/c1-25-6-7-26(17-32(25)50-24-48-15-14-46-2)16-30-21-42(8-4-5-9-43-12-13-49-31(22-43)23-47-3)10-11-44(30)33(45)27-18-28(34(36,37)38)20-29(19-27)35(39,40)41/h4-7,17-20,30-31H,8-16,21-24H2,1-3H3/b5-4+/t30-,31+/m1/s1. The van der Waals surface area contributed by atoms with Crippen LogP contribution in [0.15, 0.2) is 48.6 Å². The summed E-state index contributed by atoms with van der Waals surface area (Å²) in [5.74, 6) is -0.341. The van der Waals surface area contributed by atoms with Gasteiger partial charge >= 0.3 is 12.4 Å². The maximum absolute atomic E-state index is 13.8. The molecule has 0 radical (unpaired) electrons. The number of hydrogen-bond donors (Lipinski definition) is 0. The van der Waals surface area contributed by atoms with Gasteiger partial charge in [-0.05, 0) is 48.7 Å². The van der Waals surface area contributed by atoms with Gasteiger partial charge in [-0.25, -0.2) is 0 Å². The van der Waals surface area contributed by atoms with Crippen molar-refractivity contribution in [3.8, 4) is 5.75 Å². The van der Waals surface area contributed by atoms with Gasteiger partial charge < -0.3 is 28.6 Å². The number of ether oxygens (including phenoxy) is 5. The molecule has 0 aromatic heterocycles. The molecule has 0 unspecified atom stereocenters. The zero-order chi connectivity index (χ0) is 36.3. The summed E-state index contributed by atoms with van der Waals surface area (Å²) in [6.45, 7) is 7.34. The van der Waals surface area contributed by atoms with Crippen LogP contribution in [0.25, 0.3) is 0 Å². The summed E-state index contributed by atoms with van der Waals surface area (Å²) in [5.41, 5.74) is -2.11. The third-order valence-corrected chi connectivity index (χ3v) is 8.59. The fourth-order valence-corrected chi connectivity index (χ4v) is 5.96. The molecule has 2 fully saturated rings. The Balaban J connectivity index is 1.53. The van der Waals surface area contributed by atoms with Crippen molar-refractivity contribution in [2.45, 2.75) is 37.8 Å². The van der Waals surface area contributed by atoms with Crippen LogP contribution in [0.2, 0.25) is 0 Å². The molecule has 2 atom stereocenters. The Hall–Kier alpha value is -3.21. The SMILES string of the molecule is COCCOCOc1cc(C[C@@H]2CN(C/C=C/CN3CCO[C@H](COC)C3)CCN2C(=O)c2cc(C(F)(F)F)cc(C(F)(F)F)c2)ccc1C. The van der Waals surface area contributed by atoms with E-state index in [1.165, 1.54) is 4.90 Å². The minimum atomic E-state index is -5.07. The molecule has 1 amide bonds. The van der Waals surface area contributed by atoms with Crippen LogP contribution < -0.4 is 4.74 Å². The molecule has 0 N–H and O–H groups in total. The second-order valence-electron chi connectivity index (χ2n) is 12.4. The van der Waals surface area contributed by atoms with Crippen LogP contribution in [0, 0.1) is 6.92 Å². The Kier molecular flexibility index (Phi) is 14.5. The number of nitrogens with zero attached hydrogens (tertiary/aromatic N) is 3. The normalized spacial score (nSPS) is 19.7. The predicted octanol–water partition coefficient (Wildman–Crippen LogP) is 5.30. The first-order valence-corrected chi connectivity index (χ1v) is 16.4. The lowest BCUT2D eigenvalue weighted by atomic mass is 9.98. The molecule has 0 aliphatic carbocycles. The van der Waals surface area contributed by atoms with Gasteiger partial charge in [0.2, 0.25) is 0 Å². The highest BCUT2D eigenvalue weighted by molar-refractivity contribution is 5.95. The Morgan fingerprint density at radius 1 is 0.880 bits per heavy atom. The van der Waals surface area contributed by atoms with Gasteiger partial charge in [0, 0.05) is 71.6 Å². The summed E-state index contributed by atoms with van der Waals surface area (Å²) in [4.78, 5) is 19.6. The van der Waals surface area contributed by atoms with Gasteiger partial charge in [0.1, 0.15) is 5.75 Å². The van der Waals surface area contributed by atoms with Crippen LogP contribution in [0.4, 0.5) is 26.3 Å². The summed E-state index contributed by atoms with van der Waals surface area (Å²) < 4.78 is 109. The van der Waals surface area contributed by atoms with Crippen LogP contribution in [0.5, 0.6) is 5.75 Å². The predicted molar refractivity (Wildman–Crippen MR) is 173 cm³/mol. The van der Waals surface area contributed by atoms with Crippen molar-refractivity contribution in [2.24, 2.45) is 0 Å². The van der Waals surface area contributed by atoms with E-state index in [4.69, 9.17) is 23.7 Å². The number of hydrogen-bond acceptors (Lipinski definition) is 8. The summed E-state index contributed by atoms with van der Waals surface area (Å²) in [5, 5.41) is 0. The molecule has 9 nitrogen and oxygen atoms in total. The van der Waals surface area contributed by atoms with Gasteiger partial charge in [0.25, 0.3) is 5.91 Å². The Morgan fingerprint density at radius 3 is 2.20 bits per heavy atom. The third-order valence-electron chi connectivity index (χ3n) is 8.59. The van der Waals surface area contributed by atoms with E-state index in [2.05, 4.69) is 15.9 Å². The van der Waals surface area contributed by atoms with E-state index in [-0.39, 0.29) is 31.9 Å². The fourth-order valence-electron chi connectivity index (χ4n) is 5.96. The lowest BCUT2D eigenvalue weighted by Gasteiger charge is -2.41. The molecule has 278 valence electrons. The van der Waals surface area contributed by atoms with Gasteiger partial charge in [0.05, 0.1) is 43.7 Å². The maximum Gasteiger partial charge on any atom is 0.416 e. The zero-order valence-corrected chi connectivity index (χ0v) is 28.5. The second kappa shape index (κ2) is 18.3. The number of methoxy groups -OCH3 is 2. The average Bonchev–Trinajstić information content (AvgIpc) is 3.07. The van der Waals surface area contributed by atoms with Crippen LogP contribution in [-0.4, -0.2) is 126 Å². The molecule has 0 bridgehead atoms. The number of carbonyl (C=O) groups excluding carboxylic acids is 1. The van der Waals surface area contributed by atoms with Crippen molar-refractivity contribution in [1.29, 1.82) is 0 Å². The monoisotopic (exact) mass is 717 g/mol. The molecule has 2 aromatic carbocycles. The van der Waals surface area contributed by atoms with E-state index in [0.29, 0.717) is 70.5 Å². The molecule has 0 saturated carbocycles. The molecule has 2 aliphatic heterocycles. The lowest BCUT2D eigenvalue weighted by Crippen LogP contribution is -2.56. The average molecular weight is 718 g/mol. The van der Waals surface area contributed by atoms with Crippen molar-refractivity contribution < 1.29 is 54.8 Å². The van der Waals surface area contributed by atoms with E-state index in [1.54, 1.807) is 14.2 Å². The number of rotatable bonds is 15. The smallest absolute Gasteiger partial charge is 0.416 e. The molecular weight excluding hydrogens is 672 g/mol. The molecule has 15 heteroatoms. The van der Waals surface area contributed by atoms with Crippen LogP contribution in [0.1, 0.15) is 32.6 Å². The lowest BCUT2D eigenvalue weighted by molar-refractivity contribution is -0.143. The van der Waals surface area contributed by atoms with E-state index in [0.717, 1.165) is 24.2 Å². The molecule has 2 saturated heterocycles. The molecular formula is C35H45F6N3O6. The molecule has 50 heavy (non-hydrogen) atoms. The minimum absolute atomic E-state index is 0.00781. The van der Waals surface area contributed by atoms with Gasteiger partial charge in [-0.2, -0.15) is 26.3 Å². The number of morpholine rings is 1. The van der Waals surface area contributed by atoms with Crippen molar-refractivity contribution in [3.63, 3.8) is 0 Å². The highest BCUT2D eigenvalue weighted by atomic mass is 19.4. The maximum atomic E-state index is 13.8. The summed E-state index contributed by atoms with van der Waals surface area (Å²) in [6, 6.07) is 5.97. The highest BCUT2D eigenvalue weighted by Crippen LogP contribution is 2.37. The largest absolute Gasteiger partial charge is 0.467 e. The van der Waals surface area contributed by atoms with E-state index >= 15 is 0 Å². The first-order chi connectivity index (χ1) is 23.8. The number of amides is 1. The quantitative estimate of drug-likeness (QED) is 0.106. The molecule has 4 rings (SSSR count). The van der Waals surface area contributed by atoms with E-state index < -0.39 is 41.0 Å². The summed E-state index contributed by atoms with van der Waals surface area (Å²) in [7, 11) is 3.19. The summed E-state index contributed by atoms with van der Waals surface area (Å²) >= 11 is 0. The van der Waals surface area contributed by atoms with Crippen molar-refractivity contribution >= 4 is 5.91 Å². The van der Waals surface area contributed by atoms with Gasteiger partial charge in [-0.15, -0.1) is 0 Å². The zero-order valence-electron chi connectivity index (χ0n) is 28.5. The molecule has 2 heterocycles. The number of halogens is 6. The number of piperazine rings is 1. The molecule has 0 spiro atoms. The van der Waals surface area contributed by atoms with Crippen LogP contribution in [0.3, 0.4) is 0 Å². The van der Waals surface area contributed by atoms with Gasteiger partial charge in [0.15, 0.2) is 6.79 Å². The van der Waals surface area contributed by atoms with E-state index in [1.807, 2.05) is 31.2 Å². The van der Waals surface area contributed by atoms with Crippen molar-refractivity contribution in [3.05, 3.63) is 76.4 Å². The number of carbonyl (C=O) groups is 1. The Bertz CT molecular complexity index is 1390. The minimum Gasteiger partial charge on any atom is -0.467 e. The molecule has 2 aliphatic rings.